The zero-order valence-electron chi connectivity index (χ0n) is 18.5. The first-order chi connectivity index (χ1) is 15.6. The number of anilines is 1. The Hall–Kier alpha value is -2.38. The van der Waals surface area contributed by atoms with Crippen molar-refractivity contribution in [3.8, 4) is 0 Å². The molecule has 7 heteroatoms. The predicted octanol–water partition coefficient (Wildman–Crippen LogP) is 5.07. The zero-order valence-corrected chi connectivity index (χ0v) is 19.3. The fourth-order valence-corrected chi connectivity index (χ4v) is 5.04. The molecular weight excluding hydrogens is 425 g/mol. The number of benzene rings is 2. The van der Waals surface area contributed by atoms with Crippen LogP contribution in [0.15, 0.2) is 53.4 Å². The summed E-state index contributed by atoms with van der Waals surface area (Å²) in [5.74, 6) is 1.08. The Bertz CT molecular complexity index is 872. The lowest BCUT2D eigenvalue weighted by Crippen LogP contribution is -2.42. The van der Waals surface area contributed by atoms with Gasteiger partial charge in [-0.3, -0.25) is 14.3 Å². The van der Waals surface area contributed by atoms with Crippen LogP contribution in [0.4, 0.5) is 10.1 Å². The lowest BCUT2D eigenvalue weighted by atomic mass is 9.76. The predicted molar refractivity (Wildman–Crippen MR) is 128 cm³/mol. The number of carbonyl (C=O) groups is 2. The minimum absolute atomic E-state index is 0.00518. The maximum Gasteiger partial charge on any atom is 0.241 e. The fraction of sp³-hybridized carbons (Fsp3) is 0.440. The van der Waals surface area contributed by atoms with Gasteiger partial charge in [-0.05, 0) is 67.9 Å². The third-order valence-electron chi connectivity index (χ3n) is 6.18. The van der Waals surface area contributed by atoms with Gasteiger partial charge in [0.2, 0.25) is 12.3 Å². The van der Waals surface area contributed by atoms with Gasteiger partial charge in [0.15, 0.2) is 0 Å². The molecule has 5 nitrogen and oxygen atoms in total. The van der Waals surface area contributed by atoms with Crippen LogP contribution in [-0.2, 0) is 9.59 Å². The summed E-state index contributed by atoms with van der Waals surface area (Å²) in [6.45, 7) is 3.04. The quantitative estimate of drug-likeness (QED) is 0.418. The van der Waals surface area contributed by atoms with Gasteiger partial charge in [0.25, 0.3) is 0 Å². The van der Waals surface area contributed by atoms with E-state index < -0.39 is 0 Å². The van der Waals surface area contributed by atoms with E-state index in [0.29, 0.717) is 17.2 Å². The van der Waals surface area contributed by atoms with E-state index in [1.165, 1.54) is 43.7 Å². The van der Waals surface area contributed by atoms with Crippen LogP contribution in [0.3, 0.4) is 0 Å². The number of aryl methyl sites for hydroxylation is 1. The average Bonchev–Trinajstić information content (AvgIpc) is 3.31. The number of amides is 2. The van der Waals surface area contributed by atoms with Crippen molar-refractivity contribution in [1.82, 2.24) is 10.0 Å². The van der Waals surface area contributed by atoms with Crippen molar-refractivity contribution in [3.63, 3.8) is 0 Å². The molecule has 1 saturated heterocycles. The summed E-state index contributed by atoms with van der Waals surface area (Å²) < 4.78 is 15.0. The van der Waals surface area contributed by atoms with E-state index in [0.717, 1.165) is 36.5 Å². The molecule has 2 amide bonds. The van der Waals surface area contributed by atoms with Gasteiger partial charge in [-0.1, -0.05) is 61.9 Å². The van der Waals surface area contributed by atoms with E-state index in [4.69, 9.17) is 0 Å². The van der Waals surface area contributed by atoms with Crippen molar-refractivity contribution < 1.29 is 14.0 Å². The topological polar surface area (TPSA) is 70.2 Å². The Balaban J connectivity index is 0.000000222. The van der Waals surface area contributed by atoms with Crippen molar-refractivity contribution in [1.29, 1.82) is 0 Å². The van der Waals surface area contributed by atoms with Gasteiger partial charge >= 0.3 is 0 Å². The van der Waals surface area contributed by atoms with E-state index in [2.05, 4.69) is 22.3 Å². The number of nitrogens with one attached hydrogen (secondary N) is 3. The van der Waals surface area contributed by atoms with Crippen LogP contribution in [0.5, 0.6) is 0 Å². The largest absolute Gasteiger partial charge is 0.325 e. The molecule has 2 aromatic carbocycles. The highest BCUT2D eigenvalue weighted by molar-refractivity contribution is 7.97. The summed E-state index contributed by atoms with van der Waals surface area (Å²) in [5.41, 5.74) is 2.12. The smallest absolute Gasteiger partial charge is 0.241 e. The summed E-state index contributed by atoms with van der Waals surface area (Å²) in [6, 6.07) is 14.3. The second-order valence-electron chi connectivity index (χ2n) is 8.41. The molecule has 0 aromatic heterocycles. The first-order valence-electron chi connectivity index (χ1n) is 11.3. The lowest BCUT2D eigenvalue weighted by Gasteiger charge is -2.30. The van der Waals surface area contributed by atoms with Gasteiger partial charge in [0.1, 0.15) is 5.82 Å². The summed E-state index contributed by atoms with van der Waals surface area (Å²) in [5, 5.41) is 6.50. The molecule has 1 aliphatic heterocycles. The van der Waals surface area contributed by atoms with Crippen molar-refractivity contribution in [2.75, 3.05) is 11.9 Å². The second kappa shape index (κ2) is 12.6. The van der Waals surface area contributed by atoms with Crippen LogP contribution in [0.25, 0.3) is 0 Å². The number of hydrogen-bond donors (Lipinski definition) is 3. The second-order valence-corrected chi connectivity index (χ2v) is 9.29. The molecule has 1 heterocycles. The lowest BCUT2D eigenvalue weighted by molar-refractivity contribution is -0.119. The first kappa shape index (κ1) is 24.3. The molecule has 2 fully saturated rings. The molecule has 172 valence electrons. The van der Waals surface area contributed by atoms with Gasteiger partial charge in [-0.2, -0.15) is 0 Å². The van der Waals surface area contributed by atoms with Gasteiger partial charge < -0.3 is 10.6 Å². The van der Waals surface area contributed by atoms with Crippen molar-refractivity contribution in [2.45, 2.75) is 56.4 Å². The Morgan fingerprint density at radius 1 is 1.06 bits per heavy atom. The molecule has 32 heavy (non-hydrogen) atoms. The SMILES string of the molecule is Cc1ccc(NC(=O)C2NCCC2C2CCCCC2)cc1.O=CNSc1ccccc1F. The number of halogens is 1. The molecule has 2 unspecified atom stereocenters. The van der Waals surface area contributed by atoms with E-state index in [-0.39, 0.29) is 17.8 Å². The highest BCUT2D eigenvalue weighted by Crippen LogP contribution is 2.36. The van der Waals surface area contributed by atoms with E-state index >= 15 is 0 Å². The molecule has 1 saturated carbocycles. The van der Waals surface area contributed by atoms with Crippen LogP contribution >= 0.6 is 11.9 Å². The first-order valence-corrected chi connectivity index (χ1v) is 12.1. The molecule has 0 spiro atoms. The van der Waals surface area contributed by atoms with Crippen molar-refractivity contribution in [2.24, 2.45) is 11.8 Å². The third-order valence-corrected chi connectivity index (χ3v) is 6.95. The normalized spacial score (nSPS) is 20.7. The molecule has 2 aromatic rings. The molecule has 2 aliphatic rings. The van der Waals surface area contributed by atoms with Crippen molar-refractivity contribution >= 4 is 30.0 Å². The Labute approximate surface area is 194 Å². The standard InChI is InChI=1S/C18H26N2O.C7H6FNOS/c1-13-7-9-15(10-8-13)20-18(21)17-16(11-12-19-17)14-5-3-2-4-6-14;8-6-3-1-2-4-7(6)11-9-5-10/h7-10,14,16-17,19H,2-6,11-12H2,1H3,(H,20,21);1-5H,(H,9,10). The van der Waals surface area contributed by atoms with Gasteiger partial charge in [0, 0.05) is 5.69 Å². The molecule has 2 atom stereocenters. The summed E-state index contributed by atoms with van der Waals surface area (Å²) in [7, 11) is 0. The van der Waals surface area contributed by atoms with Crippen LogP contribution in [0, 0.1) is 24.6 Å². The highest BCUT2D eigenvalue weighted by Gasteiger charge is 2.38. The Morgan fingerprint density at radius 3 is 2.47 bits per heavy atom. The highest BCUT2D eigenvalue weighted by atomic mass is 32.2. The fourth-order valence-electron chi connectivity index (χ4n) is 4.55. The maximum absolute atomic E-state index is 12.7. The number of hydrogen-bond acceptors (Lipinski definition) is 4. The minimum atomic E-state index is -0.327. The Morgan fingerprint density at radius 2 is 1.78 bits per heavy atom. The molecule has 3 N–H and O–H groups in total. The van der Waals surface area contributed by atoms with E-state index in [9.17, 15) is 14.0 Å². The van der Waals surface area contributed by atoms with Crippen LogP contribution in [0.1, 0.15) is 44.1 Å². The minimum Gasteiger partial charge on any atom is -0.325 e. The zero-order chi connectivity index (χ0) is 22.8. The molecular formula is C25H32FN3O2S. The van der Waals surface area contributed by atoms with Gasteiger partial charge in [0.05, 0.1) is 10.9 Å². The molecule has 0 radical (unpaired) electrons. The van der Waals surface area contributed by atoms with Crippen LogP contribution in [-0.4, -0.2) is 24.9 Å². The molecule has 0 bridgehead atoms. The molecule has 4 rings (SSSR count). The van der Waals surface area contributed by atoms with Crippen molar-refractivity contribution in [3.05, 3.63) is 59.9 Å². The monoisotopic (exact) mass is 457 g/mol. The average molecular weight is 458 g/mol. The van der Waals surface area contributed by atoms with Gasteiger partial charge in [-0.15, -0.1) is 0 Å². The molecule has 1 aliphatic carbocycles. The third kappa shape index (κ3) is 7.07. The van der Waals surface area contributed by atoms with Crippen LogP contribution in [0.2, 0.25) is 0 Å². The maximum atomic E-state index is 12.7. The Kier molecular flexibility index (Phi) is 9.56. The number of rotatable bonds is 6. The van der Waals surface area contributed by atoms with Crippen LogP contribution < -0.4 is 15.4 Å². The number of carbonyl (C=O) groups excluding carboxylic acids is 2. The summed E-state index contributed by atoms with van der Waals surface area (Å²) in [6.07, 6.45) is 8.33. The van der Waals surface area contributed by atoms with Gasteiger partial charge in [-0.25, -0.2) is 4.39 Å². The summed E-state index contributed by atoms with van der Waals surface area (Å²) in [4.78, 5) is 22.8. The van der Waals surface area contributed by atoms with E-state index in [1.54, 1.807) is 18.2 Å². The summed E-state index contributed by atoms with van der Waals surface area (Å²) >= 11 is 0.954. The van der Waals surface area contributed by atoms with E-state index in [1.807, 2.05) is 24.3 Å².